The second-order valence-electron chi connectivity index (χ2n) is 7.68. The van der Waals surface area contributed by atoms with Crippen LogP contribution in [0.5, 0.6) is 0 Å². The maximum Gasteiger partial charge on any atom is 0.407 e. The molecule has 0 saturated carbocycles. The number of rotatable bonds is 11. The number of carboxylic acid groups (broad SMARTS) is 1. The summed E-state index contributed by atoms with van der Waals surface area (Å²) in [5.74, 6) is -1.45. The molecule has 2 aromatic carbocycles. The van der Waals surface area contributed by atoms with E-state index in [1.807, 2.05) is 24.3 Å². The first-order valence-electron chi connectivity index (χ1n) is 10.7. The summed E-state index contributed by atoms with van der Waals surface area (Å²) in [5.41, 5.74) is 4.61. The number of benzene rings is 2. The summed E-state index contributed by atoms with van der Waals surface area (Å²) in [6.07, 6.45) is 2.36. The summed E-state index contributed by atoms with van der Waals surface area (Å²) in [7, 11) is 0. The van der Waals surface area contributed by atoms with Crippen molar-refractivity contribution >= 4 is 18.0 Å². The van der Waals surface area contributed by atoms with Gasteiger partial charge in [-0.3, -0.25) is 4.79 Å². The Labute approximate surface area is 187 Å². The van der Waals surface area contributed by atoms with Crippen molar-refractivity contribution in [1.29, 1.82) is 0 Å². The average Bonchev–Trinajstić information content (AvgIpc) is 3.11. The second kappa shape index (κ2) is 11.1. The number of hydrogen-bond donors (Lipinski definition) is 3. The predicted octanol–water partition coefficient (Wildman–Crippen LogP) is 3.84. The lowest BCUT2D eigenvalue weighted by Gasteiger charge is -2.15. The second-order valence-corrected chi connectivity index (χ2v) is 7.68. The van der Waals surface area contributed by atoms with Crippen molar-refractivity contribution < 1.29 is 24.2 Å². The Morgan fingerprint density at radius 3 is 2.28 bits per heavy atom. The Morgan fingerprint density at radius 1 is 1.06 bits per heavy atom. The van der Waals surface area contributed by atoms with Gasteiger partial charge in [0, 0.05) is 18.9 Å². The molecule has 0 heterocycles. The third kappa shape index (κ3) is 5.75. The van der Waals surface area contributed by atoms with E-state index >= 15 is 0 Å². The van der Waals surface area contributed by atoms with Gasteiger partial charge in [0.15, 0.2) is 0 Å². The Bertz CT molecular complexity index is 942. The van der Waals surface area contributed by atoms with Crippen LogP contribution in [0.25, 0.3) is 11.1 Å². The Hall–Kier alpha value is -3.61. The first kappa shape index (κ1) is 23.1. The minimum Gasteiger partial charge on any atom is -0.480 e. The van der Waals surface area contributed by atoms with E-state index in [4.69, 9.17) is 9.84 Å². The molecule has 0 spiro atoms. The number of carboxylic acids is 1. The molecule has 2 aromatic rings. The largest absolute Gasteiger partial charge is 0.480 e. The first-order chi connectivity index (χ1) is 15.5. The monoisotopic (exact) mass is 436 g/mol. The van der Waals surface area contributed by atoms with Crippen molar-refractivity contribution in [1.82, 2.24) is 10.6 Å². The van der Waals surface area contributed by atoms with E-state index in [2.05, 4.69) is 41.5 Å². The molecule has 1 aliphatic rings. The van der Waals surface area contributed by atoms with E-state index < -0.39 is 18.1 Å². The number of amides is 2. The maximum absolute atomic E-state index is 12.1. The van der Waals surface area contributed by atoms with E-state index in [9.17, 15) is 14.4 Å². The quantitative estimate of drug-likeness (QED) is 0.367. The molecular weight excluding hydrogens is 408 g/mol. The fraction of sp³-hybridized carbons (Fsp3) is 0.320. The molecule has 7 heteroatoms. The van der Waals surface area contributed by atoms with E-state index in [0.717, 1.165) is 22.3 Å². The summed E-state index contributed by atoms with van der Waals surface area (Å²) in [6.45, 7) is 4.04. The normalized spacial score (nSPS) is 12.9. The molecule has 3 N–H and O–H groups in total. The highest BCUT2D eigenvalue weighted by Crippen LogP contribution is 2.44. The van der Waals surface area contributed by atoms with Crippen molar-refractivity contribution in [3.63, 3.8) is 0 Å². The molecule has 1 atom stereocenters. The number of aliphatic carboxylic acids is 1. The van der Waals surface area contributed by atoms with Crippen molar-refractivity contribution in [3.05, 3.63) is 72.3 Å². The third-order valence-corrected chi connectivity index (χ3v) is 5.49. The SMILES string of the molecule is C=CCCC(NC(=O)CCCNC(=O)OCC1c2ccccc2-c2ccccc21)C(=O)O. The van der Waals surface area contributed by atoms with Gasteiger partial charge in [-0.05, 0) is 41.5 Å². The summed E-state index contributed by atoms with van der Waals surface area (Å²) in [4.78, 5) is 35.3. The number of carbonyl (C=O) groups is 3. The number of alkyl carbamates (subject to hydrolysis) is 1. The zero-order valence-corrected chi connectivity index (χ0v) is 17.9. The van der Waals surface area contributed by atoms with Crippen LogP contribution >= 0.6 is 0 Å². The molecule has 0 radical (unpaired) electrons. The van der Waals surface area contributed by atoms with Crippen LogP contribution in [0.1, 0.15) is 42.7 Å². The summed E-state index contributed by atoms with van der Waals surface area (Å²) >= 11 is 0. The molecule has 0 aromatic heterocycles. The van der Waals surface area contributed by atoms with Crippen LogP contribution in [0.3, 0.4) is 0 Å². The molecule has 168 valence electrons. The van der Waals surface area contributed by atoms with Gasteiger partial charge >= 0.3 is 12.1 Å². The Balaban J connectivity index is 1.41. The molecule has 1 aliphatic carbocycles. The van der Waals surface area contributed by atoms with Crippen LogP contribution in [0.4, 0.5) is 4.79 Å². The molecule has 2 amide bonds. The number of ether oxygens (including phenoxy) is 1. The van der Waals surface area contributed by atoms with Crippen LogP contribution < -0.4 is 10.6 Å². The van der Waals surface area contributed by atoms with Crippen LogP contribution in [0.15, 0.2) is 61.2 Å². The Kier molecular flexibility index (Phi) is 8.02. The maximum atomic E-state index is 12.1. The van der Waals surface area contributed by atoms with Crippen molar-refractivity contribution in [2.75, 3.05) is 13.2 Å². The average molecular weight is 437 g/mol. The number of allylic oxidation sites excluding steroid dienone is 1. The van der Waals surface area contributed by atoms with Gasteiger partial charge in [-0.1, -0.05) is 54.6 Å². The smallest absolute Gasteiger partial charge is 0.407 e. The van der Waals surface area contributed by atoms with Gasteiger partial charge in [-0.2, -0.15) is 0 Å². The Morgan fingerprint density at radius 2 is 1.69 bits per heavy atom. The van der Waals surface area contributed by atoms with Crippen LogP contribution in [0, 0.1) is 0 Å². The summed E-state index contributed by atoms with van der Waals surface area (Å²) < 4.78 is 5.45. The van der Waals surface area contributed by atoms with Crippen LogP contribution in [-0.4, -0.2) is 42.3 Å². The molecule has 1 unspecified atom stereocenters. The number of hydrogen-bond acceptors (Lipinski definition) is 4. The van der Waals surface area contributed by atoms with Gasteiger partial charge in [-0.15, -0.1) is 6.58 Å². The highest BCUT2D eigenvalue weighted by Gasteiger charge is 2.29. The molecule has 0 aliphatic heterocycles. The molecule has 0 saturated heterocycles. The van der Waals surface area contributed by atoms with Gasteiger partial charge in [0.1, 0.15) is 12.6 Å². The molecule has 7 nitrogen and oxygen atoms in total. The lowest BCUT2D eigenvalue weighted by Crippen LogP contribution is -2.40. The number of fused-ring (bicyclic) bond motifs is 3. The third-order valence-electron chi connectivity index (χ3n) is 5.49. The van der Waals surface area contributed by atoms with Crippen molar-refractivity contribution in [2.24, 2.45) is 0 Å². The minimum atomic E-state index is -1.07. The van der Waals surface area contributed by atoms with Crippen molar-refractivity contribution in [2.45, 2.75) is 37.6 Å². The minimum absolute atomic E-state index is 0.0116. The molecule has 0 bridgehead atoms. The van der Waals surface area contributed by atoms with Crippen LogP contribution in [-0.2, 0) is 14.3 Å². The lowest BCUT2D eigenvalue weighted by atomic mass is 9.98. The van der Waals surface area contributed by atoms with Crippen molar-refractivity contribution in [3.8, 4) is 11.1 Å². The summed E-state index contributed by atoms with van der Waals surface area (Å²) in [5, 5.41) is 14.3. The van der Waals surface area contributed by atoms with E-state index in [1.165, 1.54) is 0 Å². The zero-order chi connectivity index (χ0) is 22.9. The first-order valence-corrected chi connectivity index (χ1v) is 10.7. The van der Waals surface area contributed by atoms with Gasteiger partial charge in [-0.25, -0.2) is 9.59 Å². The predicted molar refractivity (Wildman–Crippen MR) is 121 cm³/mol. The molecule has 3 rings (SSSR count). The van der Waals surface area contributed by atoms with Gasteiger partial charge in [0.05, 0.1) is 0 Å². The fourth-order valence-corrected chi connectivity index (χ4v) is 3.90. The molecular formula is C25H28N2O5. The van der Waals surface area contributed by atoms with E-state index in [0.29, 0.717) is 19.3 Å². The summed E-state index contributed by atoms with van der Waals surface area (Å²) in [6, 6.07) is 15.3. The van der Waals surface area contributed by atoms with E-state index in [1.54, 1.807) is 6.08 Å². The number of carbonyl (C=O) groups excluding carboxylic acids is 2. The zero-order valence-electron chi connectivity index (χ0n) is 17.9. The number of nitrogens with one attached hydrogen (secondary N) is 2. The topological polar surface area (TPSA) is 105 Å². The highest BCUT2D eigenvalue weighted by molar-refractivity contribution is 5.83. The standard InChI is InChI=1S/C25H28N2O5/c1-2-3-13-22(24(29)30)27-23(28)14-8-15-26-25(31)32-16-21-19-11-6-4-9-17(19)18-10-5-7-12-20(18)21/h2,4-7,9-12,21-22H,1,3,8,13-16H2,(H,26,31)(H,27,28)(H,29,30). The molecule has 0 fully saturated rings. The van der Waals surface area contributed by atoms with Crippen LogP contribution in [0.2, 0.25) is 0 Å². The fourth-order valence-electron chi connectivity index (χ4n) is 3.90. The van der Waals surface area contributed by atoms with E-state index in [-0.39, 0.29) is 31.4 Å². The van der Waals surface area contributed by atoms with Gasteiger partial charge in [0.25, 0.3) is 0 Å². The molecule has 32 heavy (non-hydrogen) atoms. The highest BCUT2D eigenvalue weighted by atomic mass is 16.5. The van der Waals surface area contributed by atoms with Gasteiger partial charge < -0.3 is 20.5 Å². The lowest BCUT2D eigenvalue weighted by molar-refractivity contribution is -0.142. The van der Waals surface area contributed by atoms with Gasteiger partial charge in [0.2, 0.25) is 5.91 Å².